The number of carbonyl (C=O) groups is 1. The van der Waals surface area contributed by atoms with Gasteiger partial charge in [0.2, 0.25) is 0 Å². The van der Waals surface area contributed by atoms with Gasteiger partial charge in [-0.05, 0) is 31.4 Å². The summed E-state index contributed by atoms with van der Waals surface area (Å²) in [6.45, 7) is 0.670. The summed E-state index contributed by atoms with van der Waals surface area (Å²) in [6, 6.07) is 5.36. The molecular weight excluding hydrogens is 254 g/mol. The third-order valence-corrected chi connectivity index (χ3v) is 3.81. The van der Waals surface area contributed by atoms with E-state index >= 15 is 0 Å². The summed E-state index contributed by atoms with van der Waals surface area (Å²) in [5, 5.41) is 13.5. The van der Waals surface area contributed by atoms with Gasteiger partial charge in [0.15, 0.2) is 0 Å². The maximum Gasteiger partial charge on any atom is 0.272 e. The van der Waals surface area contributed by atoms with Crippen molar-refractivity contribution in [2.24, 2.45) is 0 Å². The van der Waals surface area contributed by atoms with E-state index in [9.17, 15) is 9.90 Å². The lowest BCUT2D eigenvalue weighted by atomic mass is 9.98. The summed E-state index contributed by atoms with van der Waals surface area (Å²) in [5.74, 6) is 0.572. The molecule has 110 valence electrons. The van der Waals surface area contributed by atoms with Crippen LogP contribution in [0.5, 0.6) is 0 Å². The van der Waals surface area contributed by atoms with Gasteiger partial charge in [0.25, 0.3) is 5.91 Å². The number of amides is 1. The van der Waals surface area contributed by atoms with Crippen molar-refractivity contribution in [3.63, 3.8) is 0 Å². The highest BCUT2D eigenvalue weighted by Gasteiger charge is 2.30. The Labute approximate surface area is 120 Å². The Bertz CT molecular complexity index is 468. The second-order valence-electron chi connectivity index (χ2n) is 5.72. The second-order valence-corrected chi connectivity index (χ2v) is 5.72. The number of aliphatic hydroxyl groups is 1. The smallest absolute Gasteiger partial charge is 0.272 e. The van der Waals surface area contributed by atoms with Crippen LogP contribution in [0.15, 0.2) is 18.2 Å². The van der Waals surface area contributed by atoms with E-state index in [1.54, 1.807) is 20.2 Å². The average molecular weight is 277 g/mol. The molecule has 1 aliphatic carbocycles. The van der Waals surface area contributed by atoms with Gasteiger partial charge in [-0.15, -0.1) is 0 Å². The molecule has 1 fully saturated rings. The average Bonchev–Trinajstić information content (AvgIpc) is 2.85. The maximum atomic E-state index is 11.8. The highest BCUT2D eigenvalue weighted by molar-refractivity contribution is 5.92. The zero-order chi connectivity index (χ0) is 14.6. The molecule has 0 bridgehead atoms. The van der Waals surface area contributed by atoms with Crippen LogP contribution in [0.1, 0.15) is 42.6 Å². The molecule has 1 aromatic heterocycles. The molecule has 2 rings (SSSR count). The summed E-state index contributed by atoms with van der Waals surface area (Å²) < 4.78 is 0. The Morgan fingerprint density at radius 3 is 2.75 bits per heavy atom. The summed E-state index contributed by atoms with van der Waals surface area (Å²) in [7, 11) is 3.42. The van der Waals surface area contributed by atoms with Crippen LogP contribution in [0.2, 0.25) is 0 Å². The van der Waals surface area contributed by atoms with Crippen LogP contribution >= 0.6 is 0 Å². The number of rotatable bonds is 5. The molecule has 2 N–H and O–H groups in total. The van der Waals surface area contributed by atoms with Crippen LogP contribution in [-0.2, 0) is 0 Å². The Morgan fingerprint density at radius 1 is 1.40 bits per heavy atom. The zero-order valence-corrected chi connectivity index (χ0v) is 12.2. The van der Waals surface area contributed by atoms with Crippen LogP contribution in [0.25, 0.3) is 0 Å². The van der Waals surface area contributed by atoms with E-state index in [1.807, 2.05) is 12.1 Å². The van der Waals surface area contributed by atoms with Gasteiger partial charge in [-0.25, -0.2) is 4.98 Å². The number of carbonyl (C=O) groups excluding carboxylic acids is 1. The summed E-state index contributed by atoms with van der Waals surface area (Å²) >= 11 is 0. The molecule has 0 aromatic carbocycles. The van der Waals surface area contributed by atoms with Gasteiger partial charge in [0, 0.05) is 20.6 Å². The lowest BCUT2D eigenvalue weighted by Gasteiger charge is -2.22. The predicted molar refractivity (Wildman–Crippen MR) is 78.8 cm³/mol. The third-order valence-electron chi connectivity index (χ3n) is 3.81. The molecule has 5 nitrogen and oxygen atoms in total. The van der Waals surface area contributed by atoms with Gasteiger partial charge in [0.05, 0.1) is 5.60 Å². The Morgan fingerprint density at radius 2 is 2.10 bits per heavy atom. The van der Waals surface area contributed by atoms with Crippen LogP contribution in [0.3, 0.4) is 0 Å². The van der Waals surface area contributed by atoms with E-state index in [0.717, 1.165) is 32.1 Å². The van der Waals surface area contributed by atoms with Gasteiger partial charge >= 0.3 is 0 Å². The number of hydrogen-bond acceptors (Lipinski definition) is 4. The van der Waals surface area contributed by atoms with Crippen molar-refractivity contribution in [2.45, 2.75) is 37.7 Å². The van der Waals surface area contributed by atoms with Crippen LogP contribution in [0, 0.1) is 0 Å². The minimum Gasteiger partial charge on any atom is -0.390 e. The monoisotopic (exact) mass is 277 g/mol. The maximum absolute atomic E-state index is 11.8. The van der Waals surface area contributed by atoms with E-state index in [-0.39, 0.29) is 5.91 Å². The largest absolute Gasteiger partial charge is 0.390 e. The number of nitrogens with one attached hydrogen (secondary N) is 1. The molecule has 0 saturated heterocycles. The molecule has 1 aliphatic rings. The molecule has 0 atom stereocenters. The Kier molecular flexibility index (Phi) is 4.60. The van der Waals surface area contributed by atoms with E-state index in [4.69, 9.17) is 0 Å². The van der Waals surface area contributed by atoms with Crippen molar-refractivity contribution < 1.29 is 9.90 Å². The number of aromatic nitrogens is 1. The SMILES string of the molecule is CN(C)C(=O)c1cccc(NCCC2(O)CCCC2)n1. The molecule has 0 radical (unpaired) electrons. The molecule has 5 heteroatoms. The summed E-state index contributed by atoms with van der Waals surface area (Å²) in [6.07, 6.45) is 4.73. The number of hydrogen-bond donors (Lipinski definition) is 2. The van der Waals surface area contributed by atoms with Crippen molar-refractivity contribution >= 4 is 11.7 Å². The second kappa shape index (κ2) is 6.22. The molecule has 1 heterocycles. The molecule has 1 saturated carbocycles. The fraction of sp³-hybridized carbons (Fsp3) is 0.600. The van der Waals surface area contributed by atoms with Gasteiger partial charge in [-0.3, -0.25) is 4.79 Å². The van der Waals surface area contributed by atoms with Gasteiger partial charge < -0.3 is 15.3 Å². The first-order chi connectivity index (χ1) is 9.50. The van der Waals surface area contributed by atoms with E-state index in [1.165, 1.54) is 4.90 Å². The minimum atomic E-state index is -0.510. The molecule has 1 amide bonds. The number of nitrogens with zero attached hydrogens (tertiary/aromatic N) is 2. The van der Waals surface area contributed by atoms with Gasteiger partial charge in [-0.2, -0.15) is 0 Å². The molecular formula is C15H23N3O2. The standard InChI is InChI=1S/C15H23N3O2/c1-18(2)14(19)12-6-5-7-13(17-12)16-11-10-15(20)8-3-4-9-15/h5-7,20H,3-4,8-11H2,1-2H3,(H,16,17). The molecule has 0 aliphatic heterocycles. The van der Waals surface area contributed by atoms with Crippen LogP contribution < -0.4 is 5.32 Å². The van der Waals surface area contributed by atoms with Crippen molar-refractivity contribution in [3.05, 3.63) is 23.9 Å². The van der Waals surface area contributed by atoms with Crippen molar-refractivity contribution in [1.29, 1.82) is 0 Å². The minimum absolute atomic E-state index is 0.108. The fourth-order valence-corrected chi connectivity index (χ4v) is 2.59. The quantitative estimate of drug-likeness (QED) is 0.862. The lowest BCUT2D eigenvalue weighted by molar-refractivity contribution is 0.0424. The van der Waals surface area contributed by atoms with Gasteiger partial charge in [-0.1, -0.05) is 18.9 Å². The van der Waals surface area contributed by atoms with Crippen LogP contribution in [0.4, 0.5) is 5.82 Å². The van der Waals surface area contributed by atoms with Crippen molar-refractivity contribution in [1.82, 2.24) is 9.88 Å². The number of anilines is 1. The first-order valence-electron chi connectivity index (χ1n) is 7.15. The van der Waals surface area contributed by atoms with Crippen molar-refractivity contribution in [2.75, 3.05) is 26.0 Å². The fourth-order valence-electron chi connectivity index (χ4n) is 2.59. The third kappa shape index (κ3) is 3.70. The topological polar surface area (TPSA) is 65.5 Å². The highest BCUT2D eigenvalue weighted by atomic mass is 16.3. The Hall–Kier alpha value is -1.62. The highest BCUT2D eigenvalue weighted by Crippen LogP contribution is 2.32. The molecule has 0 spiro atoms. The first kappa shape index (κ1) is 14.8. The molecule has 20 heavy (non-hydrogen) atoms. The zero-order valence-electron chi connectivity index (χ0n) is 12.2. The van der Waals surface area contributed by atoms with E-state index in [0.29, 0.717) is 18.1 Å². The Balaban J connectivity index is 1.90. The van der Waals surface area contributed by atoms with Crippen LogP contribution in [-0.4, -0.2) is 47.1 Å². The van der Waals surface area contributed by atoms with E-state index in [2.05, 4.69) is 10.3 Å². The van der Waals surface area contributed by atoms with Gasteiger partial charge in [0.1, 0.15) is 11.5 Å². The first-order valence-corrected chi connectivity index (χ1v) is 7.15. The lowest BCUT2D eigenvalue weighted by Crippen LogP contribution is -2.27. The molecule has 0 unspecified atom stereocenters. The predicted octanol–water partition coefficient (Wildman–Crippen LogP) is 1.89. The normalized spacial score (nSPS) is 16.9. The number of pyridine rings is 1. The summed E-state index contributed by atoms with van der Waals surface area (Å²) in [4.78, 5) is 17.6. The van der Waals surface area contributed by atoms with E-state index < -0.39 is 5.60 Å². The van der Waals surface area contributed by atoms with Crippen molar-refractivity contribution in [3.8, 4) is 0 Å². The summed E-state index contributed by atoms with van der Waals surface area (Å²) in [5.41, 5.74) is -0.0797. The molecule has 1 aromatic rings.